The summed E-state index contributed by atoms with van der Waals surface area (Å²) in [7, 11) is 0. The van der Waals surface area contributed by atoms with E-state index >= 15 is 0 Å². The number of hydrogen-bond donors (Lipinski definition) is 0. The molecule has 0 unspecified atom stereocenters. The van der Waals surface area contributed by atoms with E-state index in [1.165, 1.54) is 12.1 Å². The van der Waals surface area contributed by atoms with Crippen LogP contribution in [0.5, 0.6) is 0 Å². The number of benzene rings is 2. The molecular weight excluding hydrogens is 498 g/mol. The van der Waals surface area contributed by atoms with Crippen molar-refractivity contribution in [1.29, 1.82) is 0 Å². The zero-order valence-electron chi connectivity index (χ0n) is 13.7. The first-order valence-corrected chi connectivity index (χ1v) is 9.68. The smallest absolute Gasteiger partial charge is 0.391 e. The van der Waals surface area contributed by atoms with Gasteiger partial charge < -0.3 is 4.84 Å². The molecule has 0 spiro atoms. The van der Waals surface area contributed by atoms with Gasteiger partial charge in [-0.15, -0.1) is 0 Å². The fraction of sp³-hybridized carbons (Fsp3) is 0.278. The SMILES string of the molecule is CCCC(=NOCc1cc(Br)cc(Br)c1)c1cc(Cl)ccc1C(F)(F)F. The summed E-state index contributed by atoms with van der Waals surface area (Å²) in [6.07, 6.45) is -3.54. The van der Waals surface area contributed by atoms with Gasteiger partial charge in [0.05, 0.1) is 11.3 Å². The lowest BCUT2D eigenvalue weighted by Crippen LogP contribution is -2.14. The van der Waals surface area contributed by atoms with Crippen molar-refractivity contribution < 1.29 is 18.0 Å². The van der Waals surface area contributed by atoms with E-state index in [0.717, 1.165) is 20.6 Å². The third-order valence-electron chi connectivity index (χ3n) is 3.41. The van der Waals surface area contributed by atoms with Gasteiger partial charge in [-0.05, 0) is 48.4 Å². The highest BCUT2D eigenvalue weighted by molar-refractivity contribution is 9.11. The predicted octanol–water partition coefficient (Wildman–Crippen LogP) is 7.60. The highest BCUT2D eigenvalue weighted by atomic mass is 79.9. The van der Waals surface area contributed by atoms with Crippen LogP contribution in [0.4, 0.5) is 13.2 Å². The third-order valence-corrected chi connectivity index (χ3v) is 4.56. The third kappa shape index (κ3) is 5.99. The molecule has 0 heterocycles. The van der Waals surface area contributed by atoms with Crippen molar-refractivity contribution in [2.45, 2.75) is 32.5 Å². The van der Waals surface area contributed by atoms with E-state index in [9.17, 15) is 13.2 Å². The number of oxime groups is 1. The van der Waals surface area contributed by atoms with E-state index in [2.05, 4.69) is 37.0 Å². The minimum atomic E-state index is -4.50. The van der Waals surface area contributed by atoms with Crippen molar-refractivity contribution in [2.24, 2.45) is 5.16 Å². The first-order chi connectivity index (χ1) is 12.2. The van der Waals surface area contributed by atoms with Crippen molar-refractivity contribution in [1.82, 2.24) is 0 Å². The molecule has 0 saturated heterocycles. The Labute approximate surface area is 171 Å². The highest BCUT2D eigenvalue weighted by Crippen LogP contribution is 2.34. The van der Waals surface area contributed by atoms with Crippen LogP contribution >= 0.6 is 43.5 Å². The standard InChI is InChI=1S/C18H15Br2ClF3NO/c1-2-3-17(15-9-14(21)4-5-16(15)18(22,23)24)25-26-10-11-6-12(19)8-13(20)7-11/h4-9H,2-3,10H2,1H3. The van der Waals surface area contributed by atoms with Gasteiger partial charge in [-0.3, -0.25) is 0 Å². The molecule has 0 aliphatic rings. The maximum atomic E-state index is 13.3. The number of nitrogens with zero attached hydrogens (tertiary/aromatic N) is 1. The molecule has 0 atom stereocenters. The largest absolute Gasteiger partial charge is 0.417 e. The Morgan fingerprint density at radius 3 is 2.35 bits per heavy atom. The summed E-state index contributed by atoms with van der Waals surface area (Å²) in [4.78, 5) is 5.34. The molecule has 2 rings (SSSR count). The summed E-state index contributed by atoms with van der Waals surface area (Å²) < 4.78 is 41.6. The Bertz CT molecular complexity index is 789. The predicted molar refractivity (Wildman–Crippen MR) is 105 cm³/mol. The monoisotopic (exact) mass is 511 g/mol. The van der Waals surface area contributed by atoms with Crippen LogP contribution in [0.15, 0.2) is 50.5 Å². The van der Waals surface area contributed by atoms with Crippen LogP contribution in [0.3, 0.4) is 0 Å². The maximum Gasteiger partial charge on any atom is 0.417 e. The van der Waals surface area contributed by atoms with Crippen molar-refractivity contribution in [3.05, 3.63) is 67.1 Å². The Hall–Kier alpha value is -1.05. The normalized spacial score (nSPS) is 12.3. The average Bonchev–Trinajstić information content (AvgIpc) is 2.52. The molecule has 0 saturated carbocycles. The summed E-state index contributed by atoms with van der Waals surface area (Å²) in [6, 6.07) is 9.03. The Kier molecular flexibility index (Phi) is 7.55. The van der Waals surface area contributed by atoms with Crippen molar-refractivity contribution in [2.75, 3.05) is 0 Å². The molecule has 0 aliphatic heterocycles. The average molecular weight is 514 g/mol. The maximum absolute atomic E-state index is 13.3. The molecule has 2 nitrogen and oxygen atoms in total. The van der Waals surface area contributed by atoms with E-state index < -0.39 is 11.7 Å². The molecule has 2 aromatic carbocycles. The fourth-order valence-electron chi connectivity index (χ4n) is 2.35. The molecular formula is C18H15Br2ClF3NO. The molecule has 0 N–H and O–H groups in total. The van der Waals surface area contributed by atoms with Gasteiger partial charge in [0.1, 0.15) is 6.61 Å². The number of alkyl halides is 3. The second-order valence-corrected chi connectivity index (χ2v) is 7.79. The van der Waals surface area contributed by atoms with Crippen LogP contribution in [-0.4, -0.2) is 5.71 Å². The van der Waals surface area contributed by atoms with Gasteiger partial charge in [-0.1, -0.05) is 62.0 Å². The fourth-order valence-corrected chi connectivity index (χ4v) is 3.91. The van der Waals surface area contributed by atoms with Gasteiger partial charge >= 0.3 is 6.18 Å². The highest BCUT2D eigenvalue weighted by Gasteiger charge is 2.34. The number of hydrogen-bond acceptors (Lipinski definition) is 2. The Morgan fingerprint density at radius 1 is 1.12 bits per heavy atom. The minimum absolute atomic E-state index is 0.0535. The van der Waals surface area contributed by atoms with E-state index in [4.69, 9.17) is 16.4 Å². The summed E-state index contributed by atoms with van der Waals surface area (Å²) in [5.41, 5.74) is 0.217. The molecule has 8 heteroatoms. The quantitative estimate of drug-likeness (QED) is 0.288. The van der Waals surface area contributed by atoms with Crippen LogP contribution in [0.25, 0.3) is 0 Å². The molecule has 26 heavy (non-hydrogen) atoms. The van der Waals surface area contributed by atoms with Crippen molar-refractivity contribution >= 4 is 49.2 Å². The number of halogens is 6. The van der Waals surface area contributed by atoms with Gasteiger partial charge in [0.2, 0.25) is 0 Å². The van der Waals surface area contributed by atoms with Crippen LogP contribution in [-0.2, 0) is 17.6 Å². The molecule has 140 valence electrons. The summed E-state index contributed by atoms with van der Waals surface area (Å²) in [6.45, 7) is 1.99. The van der Waals surface area contributed by atoms with Gasteiger partial charge in [0.25, 0.3) is 0 Å². The molecule has 0 amide bonds. The van der Waals surface area contributed by atoms with E-state index in [0.29, 0.717) is 12.8 Å². The first kappa shape index (κ1) is 21.3. The zero-order chi connectivity index (χ0) is 19.3. The second kappa shape index (κ2) is 9.24. The summed E-state index contributed by atoms with van der Waals surface area (Å²) in [5, 5.41) is 4.20. The zero-order valence-corrected chi connectivity index (χ0v) is 17.6. The Morgan fingerprint density at radius 2 is 1.77 bits per heavy atom. The number of rotatable bonds is 6. The van der Waals surface area contributed by atoms with E-state index in [1.54, 1.807) is 0 Å². The second-order valence-electron chi connectivity index (χ2n) is 5.53. The van der Waals surface area contributed by atoms with Gasteiger partial charge in [-0.25, -0.2) is 0 Å². The van der Waals surface area contributed by atoms with Crippen LogP contribution in [0.1, 0.15) is 36.5 Å². The molecule has 0 aromatic heterocycles. The lowest BCUT2D eigenvalue weighted by Gasteiger charge is -2.14. The lowest BCUT2D eigenvalue weighted by molar-refractivity contribution is -0.137. The van der Waals surface area contributed by atoms with Gasteiger partial charge in [0, 0.05) is 19.5 Å². The van der Waals surface area contributed by atoms with Gasteiger partial charge in [-0.2, -0.15) is 13.2 Å². The van der Waals surface area contributed by atoms with Crippen LogP contribution < -0.4 is 0 Å². The molecule has 0 radical (unpaired) electrons. The molecule has 2 aromatic rings. The Balaban J connectivity index is 2.31. The van der Waals surface area contributed by atoms with Crippen molar-refractivity contribution in [3.8, 4) is 0 Å². The van der Waals surface area contributed by atoms with Crippen LogP contribution in [0, 0.1) is 0 Å². The summed E-state index contributed by atoms with van der Waals surface area (Å²) in [5.74, 6) is 0. The van der Waals surface area contributed by atoms with Gasteiger partial charge in [0.15, 0.2) is 0 Å². The first-order valence-electron chi connectivity index (χ1n) is 7.71. The molecule has 0 fully saturated rings. The molecule has 0 aliphatic carbocycles. The van der Waals surface area contributed by atoms with Crippen LogP contribution in [0.2, 0.25) is 5.02 Å². The van der Waals surface area contributed by atoms with Crippen molar-refractivity contribution in [3.63, 3.8) is 0 Å². The topological polar surface area (TPSA) is 21.6 Å². The molecule has 0 bridgehead atoms. The minimum Gasteiger partial charge on any atom is -0.391 e. The van der Waals surface area contributed by atoms with E-state index in [-0.39, 0.29) is 22.9 Å². The lowest BCUT2D eigenvalue weighted by atomic mass is 9.99. The van der Waals surface area contributed by atoms with E-state index in [1.807, 2.05) is 25.1 Å². The summed E-state index contributed by atoms with van der Waals surface area (Å²) >= 11 is 12.6.